The molecule has 4 aliphatic carbocycles. The zero-order chi connectivity index (χ0) is 26.7. The van der Waals surface area contributed by atoms with Gasteiger partial charge < -0.3 is 10.6 Å². The van der Waals surface area contributed by atoms with Crippen LogP contribution in [0.2, 0.25) is 0 Å². The van der Waals surface area contributed by atoms with Crippen molar-refractivity contribution >= 4 is 46.3 Å². The Balaban J connectivity index is 1.40. The van der Waals surface area contributed by atoms with Crippen molar-refractivity contribution in [2.24, 2.45) is 32.5 Å². The average Bonchev–Trinajstić information content (AvgIpc) is 3.24. The van der Waals surface area contributed by atoms with E-state index in [1.165, 1.54) is 0 Å². The summed E-state index contributed by atoms with van der Waals surface area (Å²) in [5.74, 6) is -3.32. The fourth-order valence-electron chi connectivity index (χ4n) is 7.70. The number of nitrogens with one attached hydrogen (secondary N) is 2. The summed E-state index contributed by atoms with van der Waals surface area (Å²) in [7, 11) is 0. The number of carbonyl (C=O) groups excluding carboxylic acids is 6. The predicted octanol–water partition coefficient (Wildman–Crippen LogP) is 3.49. The number of Topliss-reactive ketones (excluding diaryl/α,β-unsaturated/α-hetero) is 4. The lowest BCUT2D eigenvalue weighted by molar-refractivity contribution is -0.147. The molecule has 4 saturated carbocycles. The van der Waals surface area contributed by atoms with Crippen LogP contribution in [0.1, 0.15) is 67.2 Å². The number of hydrogen-bond donors (Lipinski definition) is 2. The molecule has 1 aromatic carbocycles. The van der Waals surface area contributed by atoms with Crippen molar-refractivity contribution in [2.45, 2.75) is 67.2 Å². The van der Waals surface area contributed by atoms with Crippen LogP contribution in [0, 0.1) is 32.5 Å². The Labute approximate surface area is 210 Å². The quantitative estimate of drug-likeness (QED) is 0.489. The Kier molecular flexibility index (Phi) is 4.62. The molecule has 36 heavy (non-hydrogen) atoms. The molecule has 8 heteroatoms. The van der Waals surface area contributed by atoms with Crippen LogP contribution >= 0.6 is 0 Å². The lowest BCUT2D eigenvalue weighted by Gasteiger charge is -2.37. The second-order valence-corrected chi connectivity index (χ2v) is 12.5. The number of anilines is 2. The summed E-state index contributed by atoms with van der Waals surface area (Å²) < 4.78 is 0. The molecular weight excluding hydrogens is 460 g/mol. The van der Waals surface area contributed by atoms with Gasteiger partial charge in [0, 0.05) is 22.2 Å². The molecule has 0 aromatic heterocycles. The zero-order valence-electron chi connectivity index (χ0n) is 21.6. The molecule has 0 heterocycles. The Morgan fingerprint density at radius 2 is 0.972 bits per heavy atom. The van der Waals surface area contributed by atoms with E-state index in [-0.39, 0.29) is 0 Å². The largest absolute Gasteiger partial charge is 0.325 e. The lowest BCUT2D eigenvalue weighted by atomic mass is 9.64. The number of benzene rings is 1. The maximum absolute atomic E-state index is 13.5. The van der Waals surface area contributed by atoms with E-state index in [1.807, 2.05) is 0 Å². The first-order valence-electron chi connectivity index (χ1n) is 12.5. The van der Waals surface area contributed by atoms with E-state index in [0.717, 1.165) is 0 Å². The first-order valence-corrected chi connectivity index (χ1v) is 12.5. The van der Waals surface area contributed by atoms with Crippen molar-refractivity contribution in [1.82, 2.24) is 0 Å². The van der Waals surface area contributed by atoms with Gasteiger partial charge in [0.05, 0.1) is 0 Å². The number of ketones is 4. The first-order chi connectivity index (χ1) is 16.5. The highest BCUT2D eigenvalue weighted by Crippen LogP contribution is 2.70. The van der Waals surface area contributed by atoms with Crippen LogP contribution in [-0.4, -0.2) is 34.9 Å². The van der Waals surface area contributed by atoms with Crippen molar-refractivity contribution in [1.29, 1.82) is 0 Å². The van der Waals surface area contributed by atoms with E-state index in [1.54, 1.807) is 65.8 Å². The molecule has 0 radical (unpaired) electrons. The number of fused-ring (bicyclic) bond motifs is 4. The van der Waals surface area contributed by atoms with Crippen LogP contribution < -0.4 is 10.6 Å². The van der Waals surface area contributed by atoms with Crippen molar-refractivity contribution in [3.8, 4) is 0 Å². The zero-order valence-corrected chi connectivity index (χ0v) is 21.6. The third-order valence-corrected chi connectivity index (χ3v) is 11.2. The van der Waals surface area contributed by atoms with Gasteiger partial charge in [0.25, 0.3) is 0 Å². The van der Waals surface area contributed by atoms with Gasteiger partial charge >= 0.3 is 0 Å². The van der Waals surface area contributed by atoms with Gasteiger partial charge in [0.15, 0.2) is 0 Å². The summed E-state index contributed by atoms with van der Waals surface area (Å²) in [6, 6.07) is 6.45. The van der Waals surface area contributed by atoms with Crippen molar-refractivity contribution in [2.75, 3.05) is 10.6 Å². The number of hydrogen-bond acceptors (Lipinski definition) is 6. The van der Waals surface area contributed by atoms with Crippen LogP contribution in [-0.2, 0) is 28.8 Å². The highest BCUT2D eigenvalue weighted by atomic mass is 16.2. The minimum absolute atomic E-state index is 0.301. The first kappa shape index (κ1) is 24.5. The third-order valence-electron chi connectivity index (χ3n) is 11.2. The van der Waals surface area contributed by atoms with E-state index in [9.17, 15) is 28.8 Å². The molecule has 2 N–H and O–H groups in total. The van der Waals surface area contributed by atoms with Gasteiger partial charge in [-0.1, -0.05) is 47.6 Å². The van der Waals surface area contributed by atoms with Gasteiger partial charge in [-0.25, -0.2) is 0 Å². The lowest BCUT2D eigenvalue weighted by Crippen LogP contribution is -2.48. The third kappa shape index (κ3) is 2.32. The van der Waals surface area contributed by atoms with Gasteiger partial charge in [0.1, 0.15) is 10.8 Å². The minimum Gasteiger partial charge on any atom is -0.325 e. The summed E-state index contributed by atoms with van der Waals surface area (Å²) in [5.41, 5.74) is -5.58. The molecule has 0 aliphatic heterocycles. The van der Waals surface area contributed by atoms with Crippen molar-refractivity contribution in [3.05, 3.63) is 24.3 Å². The Morgan fingerprint density at radius 3 is 1.28 bits per heavy atom. The predicted molar refractivity (Wildman–Crippen MR) is 131 cm³/mol. The fourth-order valence-corrected chi connectivity index (χ4v) is 7.70. The van der Waals surface area contributed by atoms with Gasteiger partial charge in [0.2, 0.25) is 34.9 Å². The second kappa shape index (κ2) is 6.78. The highest BCUT2D eigenvalue weighted by molar-refractivity contribution is 6.50. The van der Waals surface area contributed by atoms with Crippen LogP contribution in [0.25, 0.3) is 0 Å². The molecule has 2 amide bonds. The number of amides is 2. The van der Waals surface area contributed by atoms with Gasteiger partial charge in [-0.05, 0) is 54.7 Å². The minimum atomic E-state index is -1.44. The summed E-state index contributed by atoms with van der Waals surface area (Å²) in [4.78, 5) is 78.4. The fraction of sp³-hybridized carbons (Fsp3) is 0.571. The van der Waals surface area contributed by atoms with Gasteiger partial charge in [-0.3, -0.25) is 28.8 Å². The van der Waals surface area contributed by atoms with Crippen LogP contribution in [0.3, 0.4) is 0 Å². The maximum Gasteiger partial charge on any atom is 0.239 e. The molecule has 4 atom stereocenters. The Bertz CT molecular complexity index is 1220. The van der Waals surface area contributed by atoms with Gasteiger partial charge in [-0.2, -0.15) is 0 Å². The van der Waals surface area contributed by atoms with Crippen LogP contribution in [0.5, 0.6) is 0 Å². The highest BCUT2D eigenvalue weighted by Gasteiger charge is 2.79. The topological polar surface area (TPSA) is 126 Å². The molecule has 0 spiro atoms. The van der Waals surface area contributed by atoms with Crippen molar-refractivity contribution < 1.29 is 28.8 Å². The smallest absolute Gasteiger partial charge is 0.239 e. The molecule has 8 nitrogen and oxygen atoms in total. The Morgan fingerprint density at radius 1 is 0.611 bits per heavy atom. The standard InChI is InChI=1S/C28H32N2O6/c1-23(2)25(5)10-12-27(23,19(33)17(25)31)21(35)29-15-8-7-9-16(14-15)30-22(36)28-13-11-26(6,24(28,3)4)18(32)20(28)34/h7-9,14H,10-13H2,1-6H3,(H,29,35)(H,30,36). The van der Waals surface area contributed by atoms with Crippen LogP contribution in [0.4, 0.5) is 11.4 Å². The van der Waals surface area contributed by atoms with E-state index in [4.69, 9.17) is 0 Å². The van der Waals surface area contributed by atoms with Crippen LogP contribution in [0.15, 0.2) is 24.3 Å². The summed E-state index contributed by atoms with van der Waals surface area (Å²) >= 11 is 0. The molecule has 4 fully saturated rings. The number of rotatable bonds is 4. The maximum atomic E-state index is 13.5. The van der Waals surface area contributed by atoms with E-state index < -0.39 is 67.4 Å². The SMILES string of the molecule is CC12CCC(C(=O)Nc3cccc(NC(=O)C45CCC(C)(C(=O)C4=O)C5(C)C)c3)(C(=O)C1=O)C2(C)C. The second-order valence-electron chi connectivity index (χ2n) is 12.5. The molecule has 4 bridgehead atoms. The van der Waals surface area contributed by atoms with E-state index >= 15 is 0 Å². The summed E-state index contributed by atoms with van der Waals surface area (Å²) in [6.45, 7) is 10.7. The molecule has 5 rings (SSSR count). The number of carbonyl (C=O) groups is 6. The average molecular weight is 493 g/mol. The molecule has 0 saturated heterocycles. The van der Waals surface area contributed by atoms with E-state index in [0.29, 0.717) is 37.1 Å². The summed E-state index contributed by atoms with van der Waals surface area (Å²) in [6.07, 6.45) is 1.54. The van der Waals surface area contributed by atoms with E-state index in [2.05, 4.69) is 10.6 Å². The van der Waals surface area contributed by atoms with Gasteiger partial charge in [-0.15, -0.1) is 0 Å². The normalized spacial score (nSPS) is 37.5. The molecule has 4 aliphatic rings. The molecule has 4 unspecified atom stereocenters. The summed E-state index contributed by atoms with van der Waals surface area (Å²) in [5, 5.41) is 5.59. The molecule has 190 valence electrons. The van der Waals surface area contributed by atoms with Crippen molar-refractivity contribution in [3.63, 3.8) is 0 Å². The molecular formula is C28H32N2O6. The monoisotopic (exact) mass is 492 g/mol. The Hall–Kier alpha value is -3.16. The molecule has 1 aromatic rings.